The van der Waals surface area contributed by atoms with Crippen LogP contribution in [0.25, 0.3) is 0 Å². The molecule has 0 aromatic rings. The van der Waals surface area contributed by atoms with Gasteiger partial charge < -0.3 is 10.2 Å². The molecule has 0 saturated carbocycles. The molecule has 2 N–H and O–H groups in total. The third kappa shape index (κ3) is 6.38. The summed E-state index contributed by atoms with van der Waals surface area (Å²) in [4.78, 5) is 29.9. The van der Waals surface area contributed by atoms with E-state index in [4.69, 9.17) is 15.1 Å². The molecular formula is C8H14O6. The first-order valence-corrected chi connectivity index (χ1v) is 4.01. The molecule has 0 heterocycles. The number of rotatable bonds is 5. The highest BCUT2D eigenvalue weighted by Gasteiger charge is 2.25. The molecule has 1 atom stereocenters. The standard InChI is InChI=1S/C8H14O6/c1-8(2,3)14-13-5(7(11)12)4-6(9)10/h5H,4H2,1-3H3,(H,9,10)(H,11,12). The van der Waals surface area contributed by atoms with Gasteiger partial charge in [-0.2, -0.15) is 0 Å². The second kappa shape index (κ2) is 4.92. The van der Waals surface area contributed by atoms with E-state index in [9.17, 15) is 9.59 Å². The van der Waals surface area contributed by atoms with Gasteiger partial charge in [-0.15, -0.1) is 0 Å². The van der Waals surface area contributed by atoms with E-state index in [2.05, 4.69) is 4.89 Å². The molecule has 0 aliphatic rings. The van der Waals surface area contributed by atoms with Crippen molar-refractivity contribution in [1.82, 2.24) is 0 Å². The van der Waals surface area contributed by atoms with Crippen LogP contribution in [-0.2, 0) is 19.4 Å². The fourth-order valence-corrected chi connectivity index (χ4v) is 0.524. The normalized spacial score (nSPS) is 13.6. The average molecular weight is 206 g/mol. The Balaban J connectivity index is 4.11. The Morgan fingerprint density at radius 2 is 1.79 bits per heavy atom. The van der Waals surface area contributed by atoms with Crippen LogP contribution in [0.4, 0.5) is 0 Å². The van der Waals surface area contributed by atoms with E-state index in [1.54, 1.807) is 20.8 Å². The Morgan fingerprint density at radius 3 is 2.07 bits per heavy atom. The Labute approximate surface area is 81.4 Å². The predicted octanol–water partition coefficient (Wildman–Crippen LogP) is 0.661. The van der Waals surface area contributed by atoms with Gasteiger partial charge in [-0.1, -0.05) is 0 Å². The third-order valence-electron chi connectivity index (χ3n) is 1.05. The maximum atomic E-state index is 10.5. The SMILES string of the molecule is CC(C)(C)OOC(CC(=O)O)C(=O)O. The first-order chi connectivity index (χ1) is 6.22. The number of hydrogen-bond donors (Lipinski definition) is 2. The predicted molar refractivity (Wildman–Crippen MR) is 45.6 cm³/mol. The van der Waals surface area contributed by atoms with E-state index >= 15 is 0 Å². The zero-order valence-electron chi connectivity index (χ0n) is 8.31. The number of aliphatic carboxylic acids is 2. The van der Waals surface area contributed by atoms with Gasteiger partial charge in [0, 0.05) is 0 Å². The number of hydrogen-bond acceptors (Lipinski definition) is 4. The van der Waals surface area contributed by atoms with Crippen molar-refractivity contribution in [3.8, 4) is 0 Å². The van der Waals surface area contributed by atoms with Crippen molar-refractivity contribution in [2.45, 2.75) is 38.9 Å². The summed E-state index contributed by atoms with van der Waals surface area (Å²) in [6, 6.07) is 0. The summed E-state index contributed by atoms with van der Waals surface area (Å²) in [6.45, 7) is 4.98. The highest BCUT2D eigenvalue weighted by atomic mass is 17.2. The lowest BCUT2D eigenvalue weighted by Gasteiger charge is -2.20. The Hall–Kier alpha value is -1.14. The van der Waals surface area contributed by atoms with Crippen LogP contribution in [0, 0.1) is 0 Å². The highest BCUT2D eigenvalue weighted by molar-refractivity contribution is 5.79. The van der Waals surface area contributed by atoms with Crippen LogP contribution in [0.3, 0.4) is 0 Å². The molecule has 0 aliphatic heterocycles. The minimum atomic E-state index is -1.48. The van der Waals surface area contributed by atoms with E-state index < -0.39 is 30.1 Å². The number of carboxylic acid groups (broad SMARTS) is 2. The van der Waals surface area contributed by atoms with Crippen LogP contribution in [-0.4, -0.2) is 33.9 Å². The molecule has 6 heteroatoms. The van der Waals surface area contributed by atoms with Gasteiger partial charge in [0.15, 0.2) is 6.10 Å². The molecule has 0 amide bonds. The van der Waals surface area contributed by atoms with Crippen molar-refractivity contribution in [2.75, 3.05) is 0 Å². The highest BCUT2D eigenvalue weighted by Crippen LogP contribution is 2.10. The van der Waals surface area contributed by atoms with Gasteiger partial charge in [0.05, 0.1) is 12.0 Å². The second-order valence-corrected chi connectivity index (χ2v) is 3.72. The zero-order valence-corrected chi connectivity index (χ0v) is 8.31. The monoisotopic (exact) mass is 206 g/mol. The van der Waals surface area contributed by atoms with Gasteiger partial charge in [-0.3, -0.25) is 4.79 Å². The Bertz CT molecular complexity index is 216. The van der Waals surface area contributed by atoms with Crippen molar-refractivity contribution in [3.05, 3.63) is 0 Å². The second-order valence-electron chi connectivity index (χ2n) is 3.72. The van der Waals surface area contributed by atoms with Gasteiger partial charge in [-0.05, 0) is 20.8 Å². The van der Waals surface area contributed by atoms with Crippen molar-refractivity contribution in [1.29, 1.82) is 0 Å². The van der Waals surface area contributed by atoms with Crippen LogP contribution >= 0.6 is 0 Å². The van der Waals surface area contributed by atoms with Gasteiger partial charge in [0.1, 0.15) is 0 Å². The Kier molecular flexibility index (Phi) is 4.52. The molecule has 14 heavy (non-hydrogen) atoms. The molecule has 0 aromatic carbocycles. The molecule has 0 aliphatic carbocycles. The van der Waals surface area contributed by atoms with Crippen LogP contribution in [0.2, 0.25) is 0 Å². The van der Waals surface area contributed by atoms with Crippen LogP contribution < -0.4 is 0 Å². The lowest BCUT2D eigenvalue weighted by Crippen LogP contribution is -2.31. The minimum absolute atomic E-state index is 0.634. The lowest BCUT2D eigenvalue weighted by molar-refractivity contribution is -0.367. The topological polar surface area (TPSA) is 93.1 Å². The quantitative estimate of drug-likeness (QED) is 0.507. The maximum absolute atomic E-state index is 10.5. The van der Waals surface area contributed by atoms with E-state index in [0.717, 1.165) is 0 Å². The molecule has 1 unspecified atom stereocenters. The first-order valence-electron chi connectivity index (χ1n) is 4.01. The van der Waals surface area contributed by atoms with Gasteiger partial charge in [0.25, 0.3) is 0 Å². The van der Waals surface area contributed by atoms with Gasteiger partial charge in [0.2, 0.25) is 0 Å². The van der Waals surface area contributed by atoms with E-state index in [-0.39, 0.29) is 0 Å². The summed E-state index contributed by atoms with van der Waals surface area (Å²) in [5, 5.41) is 16.9. The molecule has 0 fully saturated rings. The van der Waals surface area contributed by atoms with Crippen LogP contribution in [0.1, 0.15) is 27.2 Å². The maximum Gasteiger partial charge on any atom is 0.336 e. The molecule has 0 radical (unpaired) electrons. The van der Waals surface area contributed by atoms with Gasteiger partial charge >= 0.3 is 11.9 Å². The summed E-state index contributed by atoms with van der Waals surface area (Å²) >= 11 is 0. The van der Waals surface area contributed by atoms with Crippen LogP contribution in [0.5, 0.6) is 0 Å². The van der Waals surface area contributed by atoms with Crippen LogP contribution in [0.15, 0.2) is 0 Å². The average Bonchev–Trinajstić information content (AvgIpc) is 1.94. The van der Waals surface area contributed by atoms with E-state index in [0.29, 0.717) is 0 Å². The smallest absolute Gasteiger partial charge is 0.336 e. The van der Waals surface area contributed by atoms with E-state index in [1.807, 2.05) is 0 Å². The fraction of sp³-hybridized carbons (Fsp3) is 0.750. The Morgan fingerprint density at radius 1 is 1.29 bits per heavy atom. The summed E-state index contributed by atoms with van der Waals surface area (Å²) in [6.07, 6.45) is -2.11. The summed E-state index contributed by atoms with van der Waals surface area (Å²) in [5.41, 5.74) is -0.674. The van der Waals surface area contributed by atoms with E-state index in [1.165, 1.54) is 0 Å². The molecular weight excluding hydrogens is 192 g/mol. The molecule has 82 valence electrons. The molecule has 6 nitrogen and oxygen atoms in total. The fourth-order valence-electron chi connectivity index (χ4n) is 0.524. The third-order valence-corrected chi connectivity index (χ3v) is 1.05. The zero-order chi connectivity index (χ0) is 11.4. The first kappa shape index (κ1) is 12.9. The minimum Gasteiger partial charge on any atom is -0.481 e. The van der Waals surface area contributed by atoms with Crippen molar-refractivity contribution < 1.29 is 29.6 Å². The largest absolute Gasteiger partial charge is 0.481 e. The number of carbonyl (C=O) groups is 2. The van der Waals surface area contributed by atoms with Gasteiger partial charge in [-0.25, -0.2) is 14.6 Å². The molecule has 0 aromatic heterocycles. The molecule has 0 bridgehead atoms. The molecule has 0 rings (SSSR count). The summed E-state index contributed by atoms with van der Waals surface area (Å²) < 4.78 is 0. The van der Waals surface area contributed by atoms with Crippen molar-refractivity contribution >= 4 is 11.9 Å². The lowest BCUT2D eigenvalue weighted by atomic mass is 10.2. The summed E-state index contributed by atoms with van der Waals surface area (Å²) in [7, 11) is 0. The summed E-state index contributed by atoms with van der Waals surface area (Å²) in [5.74, 6) is -2.62. The molecule has 0 spiro atoms. The van der Waals surface area contributed by atoms with Crippen molar-refractivity contribution in [2.24, 2.45) is 0 Å². The number of carboxylic acids is 2. The molecule has 0 saturated heterocycles. The van der Waals surface area contributed by atoms with Crippen molar-refractivity contribution in [3.63, 3.8) is 0 Å².